The number of phenols is 1. The van der Waals surface area contributed by atoms with Crippen LogP contribution in [0.4, 0.5) is 0 Å². The first-order valence-corrected chi connectivity index (χ1v) is 9.62. The van der Waals surface area contributed by atoms with Crippen molar-refractivity contribution in [2.45, 2.75) is 13.3 Å². The van der Waals surface area contributed by atoms with Crippen molar-refractivity contribution in [3.8, 4) is 16.9 Å². The number of thiophene rings is 1. The lowest BCUT2D eigenvalue weighted by atomic mass is 9.96. The van der Waals surface area contributed by atoms with Crippen LogP contribution in [0.5, 0.6) is 5.75 Å². The zero-order valence-electron chi connectivity index (χ0n) is 14.5. The summed E-state index contributed by atoms with van der Waals surface area (Å²) in [6, 6.07) is 13.6. The van der Waals surface area contributed by atoms with Gasteiger partial charge in [-0.15, -0.1) is 11.3 Å². The summed E-state index contributed by atoms with van der Waals surface area (Å²) in [5, 5.41) is 17.6. The lowest BCUT2D eigenvalue weighted by Crippen LogP contribution is -2.15. The quantitative estimate of drug-likeness (QED) is 0.464. The van der Waals surface area contributed by atoms with Crippen LogP contribution in [0.1, 0.15) is 12.5 Å². The summed E-state index contributed by atoms with van der Waals surface area (Å²) in [4.78, 5) is 15.2. The minimum Gasteiger partial charge on any atom is -0.507 e. The van der Waals surface area contributed by atoms with Gasteiger partial charge < -0.3 is 15.4 Å². The van der Waals surface area contributed by atoms with E-state index in [0.29, 0.717) is 4.70 Å². The van der Waals surface area contributed by atoms with Gasteiger partial charge in [-0.1, -0.05) is 31.2 Å². The zero-order valence-corrected chi connectivity index (χ0v) is 15.3. The van der Waals surface area contributed by atoms with Gasteiger partial charge in [0.05, 0.1) is 0 Å². The molecule has 0 saturated heterocycles. The van der Waals surface area contributed by atoms with Crippen molar-refractivity contribution < 1.29 is 5.11 Å². The van der Waals surface area contributed by atoms with Crippen LogP contribution in [-0.4, -0.2) is 23.2 Å². The van der Waals surface area contributed by atoms with E-state index in [1.165, 1.54) is 16.9 Å². The van der Waals surface area contributed by atoms with E-state index in [-0.39, 0.29) is 11.3 Å². The van der Waals surface area contributed by atoms with E-state index in [1.807, 2.05) is 23.6 Å². The molecule has 4 aromatic rings. The molecule has 2 aromatic heterocycles. The van der Waals surface area contributed by atoms with E-state index in [4.69, 9.17) is 0 Å². The maximum absolute atomic E-state index is 12.2. The summed E-state index contributed by atoms with van der Waals surface area (Å²) in [5.74, 6) is 0.220. The monoisotopic (exact) mass is 364 g/mol. The molecule has 0 saturated carbocycles. The first-order valence-electron chi connectivity index (χ1n) is 8.74. The number of phenolic OH excluding ortho intramolecular Hbond substituents is 1. The summed E-state index contributed by atoms with van der Waals surface area (Å²) in [5.41, 5.74) is 3.62. The van der Waals surface area contributed by atoms with E-state index in [9.17, 15) is 9.90 Å². The molecule has 0 spiro atoms. The Balaban J connectivity index is 1.87. The molecule has 0 aliphatic carbocycles. The van der Waals surface area contributed by atoms with Gasteiger partial charge in [0.1, 0.15) is 10.4 Å². The molecule has 0 amide bonds. The van der Waals surface area contributed by atoms with E-state index >= 15 is 0 Å². The van der Waals surface area contributed by atoms with Crippen molar-refractivity contribution >= 4 is 32.3 Å². The van der Waals surface area contributed by atoms with Crippen molar-refractivity contribution in [3.63, 3.8) is 0 Å². The Bertz CT molecular complexity index is 1130. The standard InChI is InChI=1S/C21H20N2O2S/c1-2-22-11-9-13-3-5-14(6-4-13)18-17(24)8-7-16-19(18)15-10-12-26-20(15)21(25)23-16/h3-8,10,12,22,24H,2,9,11H2,1H3,(H,23,25). The predicted octanol–water partition coefficient (Wildman–Crippen LogP) is 4.27. The highest BCUT2D eigenvalue weighted by Crippen LogP contribution is 2.39. The molecule has 0 unspecified atom stereocenters. The number of likely N-dealkylation sites (N-methyl/N-ethyl adjacent to an activating group) is 1. The average molecular weight is 364 g/mol. The Kier molecular flexibility index (Phi) is 4.49. The van der Waals surface area contributed by atoms with E-state index in [1.54, 1.807) is 12.1 Å². The highest BCUT2D eigenvalue weighted by atomic mass is 32.1. The number of H-pyrrole nitrogens is 1. The number of aromatic amines is 1. The number of hydrogen-bond donors (Lipinski definition) is 3. The number of nitrogens with one attached hydrogen (secondary N) is 2. The van der Waals surface area contributed by atoms with Crippen molar-refractivity contribution in [1.29, 1.82) is 0 Å². The first-order chi connectivity index (χ1) is 12.7. The molecular formula is C21H20N2O2S. The highest BCUT2D eigenvalue weighted by molar-refractivity contribution is 7.17. The van der Waals surface area contributed by atoms with Crippen LogP contribution in [-0.2, 0) is 6.42 Å². The number of hydrogen-bond acceptors (Lipinski definition) is 4. The molecular weight excluding hydrogens is 344 g/mol. The topological polar surface area (TPSA) is 65.1 Å². The normalized spacial score (nSPS) is 11.4. The summed E-state index contributed by atoms with van der Waals surface area (Å²) >= 11 is 1.42. The highest BCUT2D eigenvalue weighted by Gasteiger charge is 2.15. The van der Waals surface area contributed by atoms with Crippen LogP contribution in [0.2, 0.25) is 0 Å². The maximum atomic E-state index is 12.2. The fraction of sp³-hybridized carbons (Fsp3) is 0.190. The van der Waals surface area contributed by atoms with E-state index < -0.39 is 0 Å². The van der Waals surface area contributed by atoms with Crippen LogP contribution in [0, 0.1) is 0 Å². The molecule has 5 heteroatoms. The smallest absolute Gasteiger partial charge is 0.266 e. The molecule has 0 bridgehead atoms. The third-order valence-electron chi connectivity index (χ3n) is 4.66. The zero-order chi connectivity index (χ0) is 18.1. The second kappa shape index (κ2) is 6.94. The minimum atomic E-state index is -0.0853. The molecule has 0 radical (unpaired) electrons. The molecule has 0 atom stereocenters. The summed E-state index contributed by atoms with van der Waals surface area (Å²) < 4.78 is 0.687. The molecule has 4 nitrogen and oxygen atoms in total. The van der Waals surface area contributed by atoms with E-state index in [2.05, 4.69) is 29.4 Å². The number of benzene rings is 2. The Labute approximate surface area is 155 Å². The van der Waals surface area contributed by atoms with Gasteiger partial charge in [-0.05, 0) is 54.2 Å². The van der Waals surface area contributed by atoms with Gasteiger partial charge in [-0.3, -0.25) is 4.79 Å². The van der Waals surface area contributed by atoms with Crippen molar-refractivity contribution in [2.24, 2.45) is 0 Å². The largest absolute Gasteiger partial charge is 0.507 e. The van der Waals surface area contributed by atoms with Gasteiger partial charge in [0.25, 0.3) is 5.56 Å². The molecule has 2 heterocycles. The summed E-state index contributed by atoms with van der Waals surface area (Å²) in [6.07, 6.45) is 0.970. The molecule has 0 aliphatic rings. The fourth-order valence-electron chi connectivity index (χ4n) is 3.38. The molecule has 132 valence electrons. The van der Waals surface area contributed by atoms with E-state index in [0.717, 1.165) is 46.9 Å². The fourth-order valence-corrected chi connectivity index (χ4v) is 4.17. The second-order valence-corrected chi connectivity index (χ2v) is 7.22. The predicted molar refractivity (Wildman–Crippen MR) is 109 cm³/mol. The number of fused-ring (bicyclic) bond motifs is 3. The Morgan fingerprint density at radius 2 is 1.92 bits per heavy atom. The SMILES string of the molecule is CCNCCc1ccc(-c2c(O)ccc3[nH]c(=O)c4sccc4c23)cc1. The number of aromatic nitrogens is 1. The van der Waals surface area contributed by atoms with Crippen LogP contribution in [0.25, 0.3) is 32.1 Å². The second-order valence-electron chi connectivity index (χ2n) is 6.30. The van der Waals surface area contributed by atoms with Crippen molar-refractivity contribution in [3.05, 3.63) is 63.8 Å². The summed E-state index contributed by atoms with van der Waals surface area (Å²) in [6.45, 7) is 4.02. The van der Waals surface area contributed by atoms with Crippen molar-refractivity contribution in [2.75, 3.05) is 13.1 Å². The van der Waals surface area contributed by atoms with Gasteiger partial charge in [-0.2, -0.15) is 0 Å². The molecule has 4 rings (SSSR count). The third kappa shape index (κ3) is 2.89. The molecule has 3 N–H and O–H groups in total. The third-order valence-corrected chi connectivity index (χ3v) is 5.57. The molecule has 26 heavy (non-hydrogen) atoms. The van der Waals surface area contributed by atoms with Crippen LogP contribution in [0.15, 0.2) is 52.6 Å². The molecule has 0 aliphatic heterocycles. The Hall–Kier alpha value is -2.63. The minimum absolute atomic E-state index is 0.0853. The lowest BCUT2D eigenvalue weighted by molar-refractivity contribution is 0.478. The lowest BCUT2D eigenvalue weighted by Gasteiger charge is -2.11. The first kappa shape index (κ1) is 16.8. The Morgan fingerprint density at radius 3 is 2.69 bits per heavy atom. The average Bonchev–Trinajstić information content (AvgIpc) is 3.14. The van der Waals surface area contributed by atoms with Crippen LogP contribution < -0.4 is 10.9 Å². The van der Waals surface area contributed by atoms with Crippen LogP contribution >= 0.6 is 11.3 Å². The van der Waals surface area contributed by atoms with Gasteiger partial charge in [0, 0.05) is 21.9 Å². The van der Waals surface area contributed by atoms with Crippen molar-refractivity contribution in [1.82, 2.24) is 10.3 Å². The summed E-state index contributed by atoms with van der Waals surface area (Å²) in [7, 11) is 0. The maximum Gasteiger partial charge on any atom is 0.266 e. The van der Waals surface area contributed by atoms with Crippen LogP contribution in [0.3, 0.4) is 0 Å². The Morgan fingerprint density at radius 1 is 1.12 bits per heavy atom. The molecule has 0 fully saturated rings. The number of pyridine rings is 1. The number of rotatable bonds is 5. The van der Waals surface area contributed by atoms with Gasteiger partial charge >= 0.3 is 0 Å². The number of aromatic hydroxyl groups is 1. The van der Waals surface area contributed by atoms with Gasteiger partial charge in [0.2, 0.25) is 0 Å². The van der Waals surface area contributed by atoms with Gasteiger partial charge in [0.15, 0.2) is 0 Å². The molecule has 2 aromatic carbocycles. The van der Waals surface area contributed by atoms with Gasteiger partial charge in [-0.25, -0.2) is 0 Å².